The second-order valence-corrected chi connectivity index (χ2v) is 5.05. The average molecular weight is 237 g/mol. The van der Waals surface area contributed by atoms with E-state index in [1.165, 1.54) is 31.6 Å². The molecule has 0 amide bonds. The van der Waals surface area contributed by atoms with Crippen LogP contribution in [0.15, 0.2) is 12.3 Å². The van der Waals surface area contributed by atoms with E-state index in [-0.39, 0.29) is 0 Å². The van der Waals surface area contributed by atoms with Crippen LogP contribution >= 0.6 is 0 Å². The smallest absolute Gasteiger partial charge is 0.0596 e. The zero-order valence-electron chi connectivity index (χ0n) is 10.9. The Hall–Kier alpha value is -0.870. The van der Waals surface area contributed by atoms with Crippen LogP contribution in [0.1, 0.15) is 38.3 Å². The Morgan fingerprint density at radius 1 is 1.47 bits per heavy atom. The minimum atomic E-state index is 0.345. The summed E-state index contributed by atoms with van der Waals surface area (Å²) in [6.07, 6.45) is 4.64. The van der Waals surface area contributed by atoms with Crippen molar-refractivity contribution >= 4 is 0 Å². The summed E-state index contributed by atoms with van der Waals surface area (Å²) in [5.41, 5.74) is 1.29. The molecule has 1 saturated heterocycles. The molecule has 0 aliphatic carbocycles. The molecule has 0 unspecified atom stereocenters. The summed E-state index contributed by atoms with van der Waals surface area (Å²) in [5, 5.41) is 7.11. The maximum atomic E-state index is 5.59. The first-order valence-corrected chi connectivity index (χ1v) is 6.59. The van der Waals surface area contributed by atoms with Gasteiger partial charge in [0.05, 0.1) is 12.7 Å². The lowest BCUT2D eigenvalue weighted by Gasteiger charge is -2.31. The molecule has 4 nitrogen and oxygen atoms in total. The highest BCUT2D eigenvalue weighted by atomic mass is 16.5. The van der Waals surface area contributed by atoms with Gasteiger partial charge in [0, 0.05) is 24.4 Å². The Morgan fingerprint density at radius 2 is 2.24 bits per heavy atom. The molecule has 0 spiro atoms. The molecule has 1 N–H and O–H groups in total. The molecule has 0 bridgehead atoms. The van der Waals surface area contributed by atoms with E-state index in [1.807, 2.05) is 6.20 Å². The number of likely N-dealkylation sites (tertiary alicyclic amines) is 1. The lowest BCUT2D eigenvalue weighted by molar-refractivity contribution is 0.0535. The van der Waals surface area contributed by atoms with Crippen LogP contribution in [-0.2, 0) is 4.74 Å². The Morgan fingerprint density at radius 3 is 2.82 bits per heavy atom. The zero-order valence-corrected chi connectivity index (χ0v) is 10.9. The van der Waals surface area contributed by atoms with Crippen LogP contribution in [0.3, 0.4) is 0 Å². The van der Waals surface area contributed by atoms with Crippen molar-refractivity contribution in [3.05, 3.63) is 18.0 Å². The van der Waals surface area contributed by atoms with Crippen molar-refractivity contribution in [3.63, 3.8) is 0 Å². The highest BCUT2D eigenvalue weighted by molar-refractivity contribution is 5.06. The van der Waals surface area contributed by atoms with Crippen LogP contribution in [-0.4, -0.2) is 47.4 Å². The van der Waals surface area contributed by atoms with E-state index < -0.39 is 0 Å². The van der Waals surface area contributed by atoms with Crippen molar-refractivity contribution in [1.29, 1.82) is 0 Å². The van der Waals surface area contributed by atoms with E-state index in [0.29, 0.717) is 12.0 Å². The van der Waals surface area contributed by atoms with Gasteiger partial charge < -0.3 is 9.64 Å². The lowest BCUT2D eigenvalue weighted by atomic mass is 9.94. The van der Waals surface area contributed by atoms with Crippen LogP contribution < -0.4 is 0 Å². The van der Waals surface area contributed by atoms with Crippen molar-refractivity contribution in [2.75, 3.05) is 26.2 Å². The Kier molecular flexibility index (Phi) is 4.57. The number of aromatic amines is 1. The lowest BCUT2D eigenvalue weighted by Crippen LogP contribution is -2.35. The quantitative estimate of drug-likeness (QED) is 0.851. The van der Waals surface area contributed by atoms with Crippen LogP contribution in [0.25, 0.3) is 0 Å². The SMILES string of the molecule is CC(C)OCCN1CCC(c2ccn[nH]2)CC1. The molecule has 4 heteroatoms. The number of aromatic nitrogens is 2. The Labute approximate surface area is 103 Å². The van der Waals surface area contributed by atoms with Crippen molar-refractivity contribution in [1.82, 2.24) is 15.1 Å². The predicted octanol–water partition coefficient (Wildman–Crippen LogP) is 2.01. The number of nitrogens with zero attached hydrogens (tertiary/aromatic N) is 2. The van der Waals surface area contributed by atoms with E-state index >= 15 is 0 Å². The first kappa shape index (κ1) is 12.6. The van der Waals surface area contributed by atoms with Gasteiger partial charge in [0.1, 0.15) is 0 Å². The largest absolute Gasteiger partial charge is 0.377 e. The highest BCUT2D eigenvalue weighted by Crippen LogP contribution is 2.25. The highest BCUT2D eigenvalue weighted by Gasteiger charge is 2.20. The summed E-state index contributed by atoms with van der Waals surface area (Å²) in [7, 11) is 0. The van der Waals surface area contributed by atoms with E-state index in [1.54, 1.807) is 0 Å². The van der Waals surface area contributed by atoms with E-state index in [2.05, 4.69) is 35.0 Å². The first-order chi connectivity index (χ1) is 8.25. The maximum absolute atomic E-state index is 5.59. The monoisotopic (exact) mass is 237 g/mol. The Bertz CT molecular complexity index is 302. The zero-order chi connectivity index (χ0) is 12.1. The average Bonchev–Trinajstić information content (AvgIpc) is 2.83. The second-order valence-electron chi connectivity index (χ2n) is 5.05. The summed E-state index contributed by atoms with van der Waals surface area (Å²) in [4.78, 5) is 2.50. The molecular formula is C13H23N3O. The number of hydrogen-bond acceptors (Lipinski definition) is 3. The molecule has 1 aromatic heterocycles. The van der Waals surface area contributed by atoms with Crippen LogP contribution in [0.5, 0.6) is 0 Å². The van der Waals surface area contributed by atoms with Gasteiger partial charge >= 0.3 is 0 Å². The van der Waals surface area contributed by atoms with Crippen molar-refractivity contribution < 1.29 is 4.74 Å². The van der Waals surface area contributed by atoms with Crippen molar-refractivity contribution in [3.8, 4) is 0 Å². The van der Waals surface area contributed by atoms with Gasteiger partial charge in [-0.05, 0) is 45.8 Å². The summed E-state index contributed by atoms with van der Waals surface area (Å²) in [6.45, 7) is 8.44. The molecule has 17 heavy (non-hydrogen) atoms. The van der Waals surface area contributed by atoms with Gasteiger partial charge in [-0.1, -0.05) is 0 Å². The van der Waals surface area contributed by atoms with Gasteiger partial charge in [-0.25, -0.2) is 0 Å². The minimum absolute atomic E-state index is 0.345. The molecule has 2 heterocycles. The van der Waals surface area contributed by atoms with Gasteiger partial charge in [-0.2, -0.15) is 5.10 Å². The van der Waals surface area contributed by atoms with Crippen LogP contribution in [0.4, 0.5) is 0 Å². The molecule has 96 valence electrons. The standard InChI is InChI=1S/C13H23N3O/c1-11(2)17-10-9-16-7-4-12(5-8-16)13-3-6-14-15-13/h3,6,11-12H,4-5,7-10H2,1-2H3,(H,14,15). The van der Waals surface area contributed by atoms with Crippen molar-refractivity contribution in [2.24, 2.45) is 0 Å². The predicted molar refractivity (Wildman–Crippen MR) is 68.1 cm³/mol. The molecule has 1 aliphatic heterocycles. The molecule has 0 saturated carbocycles. The van der Waals surface area contributed by atoms with Gasteiger partial charge in [0.25, 0.3) is 0 Å². The fourth-order valence-electron chi connectivity index (χ4n) is 2.38. The molecular weight excluding hydrogens is 214 g/mol. The number of ether oxygens (including phenoxy) is 1. The summed E-state index contributed by atoms with van der Waals surface area (Å²) in [5.74, 6) is 0.666. The minimum Gasteiger partial charge on any atom is -0.377 e. The summed E-state index contributed by atoms with van der Waals surface area (Å²) < 4.78 is 5.59. The third-order valence-corrected chi connectivity index (χ3v) is 3.41. The second kappa shape index (κ2) is 6.17. The summed E-state index contributed by atoms with van der Waals surface area (Å²) >= 11 is 0. The molecule has 1 fully saturated rings. The van der Waals surface area contributed by atoms with Crippen LogP contribution in [0.2, 0.25) is 0 Å². The van der Waals surface area contributed by atoms with Gasteiger partial charge in [0.15, 0.2) is 0 Å². The van der Waals surface area contributed by atoms with Gasteiger partial charge in [-0.3, -0.25) is 5.10 Å². The van der Waals surface area contributed by atoms with Gasteiger partial charge in [0.2, 0.25) is 0 Å². The van der Waals surface area contributed by atoms with E-state index in [0.717, 1.165) is 13.2 Å². The number of hydrogen-bond donors (Lipinski definition) is 1. The molecule has 0 aromatic carbocycles. The molecule has 0 radical (unpaired) electrons. The topological polar surface area (TPSA) is 41.1 Å². The molecule has 1 aliphatic rings. The maximum Gasteiger partial charge on any atom is 0.0596 e. The van der Waals surface area contributed by atoms with E-state index in [9.17, 15) is 0 Å². The normalized spacial score (nSPS) is 19.0. The third kappa shape index (κ3) is 3.82. The van der Waals surface area contributed by atoms with E-state index in [4.69, 9.17) is 4.74 Å². The molecule has 2 rings (SSSR count). The third-order valence-electron chi connectivity index (χ3n) is 3.41. The summed E-state index contributed by atoms with van der Waals surface area (Å²) in [6, 6.07) is 2.10. The number of piperidine rings is 1. The first-order valence-electron chi connectivity index (χ1n) is 6.59. The molecule has 0 atom stereocenters. The molecule has 1 aromatic rings. The van der Waals surface area contributed by atoms with Crippen molar-refractivity contribution in [2.45, 2.75) is 38.7 Å². The van der Waals surface area contributed by atoms with Gasteiger partial charge in [-0.15, -0.1) is 0 Å². The number of rotatable bonds is 5. The fourth-order valence-corrected chi connectivity index (χ4v) is 2.38. The van der Waals surface area contributed by atoms with Crippen LogP contribution in [0, 0.1) is 0 Å². The Balaban J connectivity index is 1.68. The fraction of sp³-hybridized carbons (Fsp3) is 0.769. The number of nitrogens with one attached hydrogen (secondary N) is 1. The number of H-pyrrole nitrogens is 1.